The normalized spacial score (nSPS) is 18.8. The van der Waals surface area contributed by atoms with Gasteiger partial charge in [0.25, 0.3) is 0 Å². The van der Waals surface area contributed by atoms with Crippen molar-refractivity contribution < 1.29 is 14.3 Å². The largest absolute Gasteiger partial charge is 0.465 e. The highest BCUT2D eigenvalue weighted by Crippen LogP contribution is 2.28. The van der Waals surface area contributed by atoms with Crippen LogP contribution in [0.4, 0.5) is 5.69 Å². The van der Waals surface area contributed by atoms with Crippen LogP contribution in [0.5, 0.6) is 0 Å². The fourth-order valence-electron chi connectivity index (χ4n) is 2.02. The van der Waals surface area contributed by atoms with Crippen molar-refractivity contribution in [3.05, 3.63) is 36.7 Å². The Bertz CT molecular complexity index is 499. The number of carbonyl (C=O) groups excluding carboxylic acids is 2. The van der Waals surface area contributed by atoms with Crippen LogP contribution in [0.25, 0.3) is 0 Å². The van der Waals surface area contributed by atoms with Gasteiger partial charge in [-0.25, -0.2) is 4.79 Å². The molecule has 1 aromatic rings. The standard InChI is InChI=1S/C13H14N2O3/c1-3-9-6-12(16)15(8-9)11-4-5-14-7-10(11)13(17)18-2/h3-5,7,9H,1,6,8H2,2H3. The number of amides is 1. The van der Waals surface area contributed by atoms with E-state index in [-0.39, 0.29) is 11.8 Å². The summed E-state index contributed by atoms with van der Waals surface area (Å²) >= 11 is 0. The average Bonchev–Trinajstić information content (AvgIpc) is 2.79. The Morgan fingerprint density at radius 3 is 3.06 bits per heavy atom. The van der Waals surface area contributed by atoms with Crippen LogP contribution in [0.1, 0.15) is 16.8 Å². The Morgan fingerprint density at radius 2 is 2.44 bits per heavy atom. The third-order valence-corrected chi connectivity index (χ3v) is 2.98. The highest BCUT2D eigenvalue weighted by molar-refractivity contribution is 6.03. The summed E-state index contributed by atoms with van der Waals surface area (Å²) < 4.78 is 4.69. The third kappa shape index (κ3) is 2.11. The van der Waals surface area contributed by atoms with Crippen molar-refractivity contribution >= 4 is 17.6 Å². The molecule has 5 heteroatoms. The maximum Gasteiger partial charge on any atom is 0.341 e. The molecule has 2 rings (SSSR count). The molecule has 18 heavy (non-hydrogen) atoms. The second-order valence-electron chi connectivity index (χ2n) is 4.09. The summed E-state index contributed by atoms with van der Waals surface area (Å²) in [6, 6.07) is 1.65. The van der Waals surface area contributed by atoms with Crippen LogP contribution in [-0.4, -0.2) is 30.5 Å². The molecule has 0 aromatic carbocycles. The van der Waals surface area contributed by atoms with E-state index in [1.54, 1.807) is 23.2 Å². The molecular formula is C13H14N2O3. The zero-order chi connectivity index (χ0) is 13.1. The van der Waals surface area contributed by atoms with Crippen molar-refractivity contribution in [1.29, 1.82) is 0 Å². The molecule has 94 valence electrons. The van der Waals surface area contributed by atoms with E-state index in [1.807, 2.05) is 0 Å². The maximum atomic E-state index is 11.9. The van der Waals surface area contributed by atoms with E-state index in [0.717, 1.165) is 0 Å². The Morgan fingerprint density at radius 1 is 1.67 bits per heavy atom. The first-order chi connectivity index (χ1) is 8.67. The van der Waals surface area contributed by atoms with E-state index in [2.05, 4.69) is 16.3 Å². The van der Waals surface area contributed by atoms with Gasteiger partial charge in [0.05, 0.1) is 12.8 Å². The molecule has 1 aromatic heterocycles. The van der Waals surface area contributed by atoms with Crippen LogP contribution < -0.4 is 4.90 Å². The predicted molar refractivity (Wildman–Crippen MR) is 66.2 cm³/mol. The lowest BCUT2D eigenvalue weighted by molar-refractivity contribution is -0.117. The van der Waals surface area contributed by atoms with Crippen molar-refractivity contribution in [2.75, 3.05) is 18.6 Å². The fraction of sp³-hybridized carbons (Fsp3) is 0.308. The summed E-state index contributed by atoms with van der Waals surface area (Å²) in [7, 11) is 1.30. The molecule has 2 heterocycles. The van der Waals surface area contributed by atoms with Crippen molar-refractivity contribution in [1.82, 2.24) is 4.98 Å². The number of carbonyl (C=O) groups is 2. The first-order valence-corrected chi connectivity index (χ1v) is 5.62. The maximum absolute atomic E-state index is 11.9. The Kier molecular flexibility index (Phi) is 3.41. The summed E-state index contributed by atoms with van der Waals surface area (Å²) in [6.45, 7) is 4.23. The monoisotopic (exact) mass is 246 g/mol. The van der Waals surface area contributed by atoms with Gasteiger partial charge < -0.3 is 9.64 Å². The predicted octanol–water partition coefficient (Wildman–Crippen LogP) is 1.41. The van der Waals surface area contributed by atoms with Gasteiger partial charge in [0.1, 0.15) is 5.56 Å². The zero-order valence-corrected chi connectivity index (χ0v) is 10.1. The Labute approximate surface area is 105 Å². The lowest BCUT2D eigenvalue weighted by Crippen LogP contribution is -2.26. The first kappa shape index (κ1) is 12.3. The van der Waals surface area contributed by atoms with Gasteiger partial charge in [-0.1, -0.05) is 6.08 Å². The summed E-state index contributed by atoms with van der Waals surface area (Å²) in [5.74, 6) is -0.389. The van der Waals surface area contributed by atoms with Gasteiger partial charge in [0.2, 0.25) is 5.91 Å². The number of aromatic nitrogens is 1. The number of anilines is 1. The van der Waals surface area contributed by atoms with Crippen LogP contribution in [0.2, 0.25) is 0 Å². The van der Waals surface area contributed by atoms with Crippen LogP contribution >= 0.6 is 0 Å². The van der Waals surface area contributed by atoms with E-state index < -0.39 is 5.97 Å². The molecule has 1 amide bonds. The zero-order valence-electron chi connectivity index (χ0n) is 10.1. The molecule has 1 fully saturated rings. The molecule has 0 radical (unpaired) electrons. The second-order valence-corrected chi connectivity index (χ2v) is 4.09. The molecule has 0 N–H and O–H groups in total. The van der Waals surface area contributed by atoms with Crippen molar-refractivity contribution in [3.8, 4) is 0 Å². The highest BCUT2D eigenvalue weighted by atomic mass is 16.5. The summed E-state index contributed by atoms with van der Waals surface area (Å²) in [6.07, 6.45) is 5.15. The summed E-state index contributed by atoms with van der Waals surface area (Å²) in [4.78, 5) is 29.0. The number of hydrogen-bond acceptors (Lipinski definition) is 4. The molecule has 1 saturated heterocycles. The van der Waals surface area contributed by atoms with Gasteiger partial charge in [-0.15, -0.1) is 6.58 Å². The fourth-order valence-corrected chi connectivity index (χ4v) is 2.02. The minimum absolute atomic E-state index is 0.0174. The number of hydrogen-bond donors (Lipinski definition) is 0. The van der Waals surface area contributed by atoms with E-state index in [1.165, 1.54) is 13.3 Å². The van der Waals surface area contributed by atoms with Crippen molar-refractivity contribution in [2.24, 2.45) is 5.92 Å². The topological polar surface area (TPSA) is 59.5 Å². The number of esters is 1. The average molecular weight is 246 g/mol. The van der Waals surface area contributed by atoms with Crippen LogP contribution in [0, 0.1) is 5.92 Å². The Hall–Kier alpha value is -2.17. The number of methoxy groups -OCH3 is 1. The molecule has 0 saturated carbocycles. The Balaban J connectivity index is 2.36. The molecule has 5 nitrogen and oxygen atoms in total. The summed E-state index contributed by atoms with van der Waals surface area (Å²) in [5, 5.41) is 0. The smallest absolute Gasteiger partial charge is 0.341 e. The third-order valence-electron chi connectivity index (χ3n) is 2.98. The van der Waals surface area contributed by atoms with Gasteiger partial charge in [0.15, 0.2) is 0 Å². The van der Waals surface area contributed by atoms with Crippen LogP contribution in [0.15, 0.2) is 31.1 Å². The van der Waals surface area contributed by atoms with Gasteiger partial charge in [-0.3, -0.25) is 9.78 Å². The molecule has 1 atom stereocenters. The van der Waals surface area contributed by atoms with Crippen molar-refractivity contribution in [2.45, 2.75) is 6.42 Å². The van der Waals surface area contributed by atoms with E-state index >= 15 is 0 Å². The molecule has 0 aliphatic carbocycles. The first-order valence-electron chi connectivity index (χ1n) is 5.62. The number of rotatable bonds is 3. The van der Waals surface area contributed by atoms with Gasteiger partial charge in [-0.2, -0.15) is 0 Å². The number of pyridine rings is 1. The van der Waals surface area contributed by atoms with Crippen LogP contribution in [-0.2, 0) is 9.53 Å². The van der Waals surface area contributed by atoms with Crippen LogP contribution in [0.3, 0.4) is 0 Å². The molecule has 1 aliphatic rings. The van der Waals surface area contributed by atoms with Gasteiger partial charge in [-0.05, 0) is 6.07 Å². The molecule has 1 aliphatic heterocycles. The second kappa shape index (κ2) is 5.00. The highest BCUT2D eigenvalue weighted by Gasteiger charge is 2.31. The van der Waals surface area contributed by atoms with Gasteiger partial charge >= 0.3 is 5.97 Å². The van der Waals surface area contributed by atoms with E-state index in [0.29, 0.717) is 24.2 Å². The molecule has 0 spiro atoms. The van der Waals surface area contributed by atoms with Gasteiger partial charge in [0, 0.05) is 31.3 Å². The molecular weight excluding hydrogens is 232 g/mol. The number of nitrogens with zero attached hydrogens (tertiary/aromatic N) is 2. The number of ether oxygens (including phenoxy) is 1. The lowest BCUT2D eigenvalue weighted by atomic mass is 10.1. The minimum atomic E-state index is -0.493. The molecule has 0 bridgehead atoms. The summed E-state index contributed by atoms with van der Waals surface area (Å²) in [5.41, 5.74) is 0.851. The minimum Gasteiger partial charge on any atom is -0.465 e. The van der Waals surface area contributed by atoms with E-state index in [9.17, 15) is 9.59 Å². The lowest BCUT2D eigenvalue weighted by Gasteiger charge is -2.18. The molecule has 1 unspecified atom stereocenters. The van der Waals surface area contributed by atoms with Crippen molar-refractivity contribution in [3.63, 3.8) is 0 Å². The quantitative estimate of drug-likeness (QED) is 0.597. The van der Waals surface area contributed by atoms with E-state index in [4.69, 9.17) is 0 Å². The SMILES string of the molecule is C=CC1CC(=O)N(c2ccncc2C(=O)OC)C1.